The highest BCUT2D eigenvalue weighted by atomic mass is 15.1. The van der Waals surface area contributed by atoms with E-state index in [0.717, 1.165) is 19.0 Å². The van der Waals surface area contributed by atoms with Crippen molar-refractivity contribution in [3.8, 4) is 0 Å². The van der Waals surface area contributed by atoms with Crippen LogP contribution in [0.4, 0.5) is 0 Å². The van der Waals surface area contributed by atoms with Crippen molar-refractivity contribution >= 4 is 0 Å². The maximum absolute atomic E-state index is 4.28. The quantitative estimate of drug-likeness (QED) is 0.821. The summed E-state index contributed by atoms with van der Waals surface area (Å²) in [5.74, 6) is 1.59. The third-order valence-corrected chi connectivity index (χ3v) is 3.59. The van der Waals surface area contributed by atoms with Crippen LogP contribution in [0.15, 0.2) is 12.5 Å². The number of rotatable bonds is 6. The summed E-state index contributed by atoms with van der Waals surface area (Å²) in [6.45, 7) is 7.67. The average molecular weight is 235 g/mol. The lowest BCUT2D eigenvalue weighted by molar-refractivity contribution is 0.441. The van der Waals surface area contributed by atoms with Gasteiger partial charge in [0.05, 0.1) is 12.0 Å². The van der Waals surface area contributed by atoms with Crippen LogP contribution in [0.5, 0.6) is 0 Å². The lowest BCUT2D eigenvalue weighted by Crippen LogP contribution is -2.21. The normalized spacial score (nSPS) is 17.1. The fourth-order valence-electron chi connectivity index (χ4n) is 2.62. The third kappa shape index (κ3) is 3.84. The van der Waals surface area contributed by atoms with Crippen molar-refractivity contribution in [3.05, 3.63) is 18.2 Å². The SMILES string of the molecule is CC(C)CNCc1cncn1CC1CCCC1. The van der Waals surface area contributed by atoms with Gasteiger partial charge in [0.15, 0.2) is 0 Å². The monoisotopic (exact) mass is 235 g/mol. The Morgan fingerprint density at radius 2 is 2.18 bits per heavy atom. The molecular formula is C14H25N3. The van der Waals surface area contributed by atoms with Crippen LogP contribution >= 0.6 is 0 Å². The van der Waals surface area contributed by atoms with Gasteiger partial charge >= 0.3 is 0 Å². The van der Waals surface area contributed by atoms with Gasteiger partial charge in [-0.15, -0.1) is 0 Å². The van der Waals surface area contributed by atoms with E-state index in [1.54, 1.807) is 0 Å². The molecular weight excluding hydrogens is 210 g/mol. The molecule has 3 heteroatoms. The number of nitrogens with one attached hydrogen (secondary N) is 1. The largest absolute Gasteiger partial charge is 0.333 e. The second-order valence-corrected chi connectivity index (χ2v) is 5.71. The van der Waals surface area contributed by atoms with Crippen LogP contribution in [-0.4, -0.2) is 16.1 Å². The average Bonchev–Trinajstić information content (AvgIpc) is 2.91. The predicted molar refractivity (Wildman–Crippen MR) is 70.7 cm³/mol. The Morgan fingerprint density at radius 1 is 1.41 bits per heavy atom. The lowest BCUT2D eigenvalue weighted by Gasteiger charge is -2.14. The Bertz CT molecular complexity index is 324. The number of nitrogens with zero attached hydrogens (tertiary/aromatic N) is 2. The molecule has 0 unspecified atom stereocenters. The first-order valence-corrected chi connectivity index (χ1v) is 6.95. The molecule has 1 aliphatic rings. The molecule has 96 valence electrons. The van der Waals surface area contributed by atoms with Gasteiger partial charge in [0.25, 0.3) is 0 Å². The number of hydrogen-bond donors (Lipinski definition) is 1. The summed E-state index contributed by atoms with van der Waals surface area (Å²) in [5, 5.41) is 3.49. The van der Waals surface area contributed by atoms with Crippen LogP contribution in [0.3, 0.4) is 0 Å². The summed E-state index contributed by atoms with van der Waals surface area (Å²) in [6, 6.07) is 0. The zero-order chi connectivity index (χ0) is 12.1. The maximum Gasteiger partial charge on any atom is 0.0948 e. The molecule has 0 aliphatic heterocycles. The van der Waals surface area contributed by atoms with Crippen LogP contribution < -0.4 is 5.32 Å². The molecule has 1 aliphatic carbocycles. The summed E-state index contributed by atoms with van der Waals surface area (Å²) in [7, 11) is 0. The molecule has 1 aromatic rings. The summed E-state index contributed by atoms with van der Waals surface area (Å²) >= 11 is 0. The highest BCUT2D eigenvalue weighted by molar-refractivity contribution is 4.98. The number of imidazole rings is 1. The van der Waals surface area contributed by atoms with E-state index in [4.69, 9.17) is 0 Å². The van der Waals surface area contributed by atoms with Crippen LogP contribution in [0, 0.1) is 11.8 Å². The van der Waals surface area contributed by atoms with E-state index in [1.807, 2.05) is 12.5 Å². The first kappa shape index (κ1) is 12.6. The first-order chi connectivity index (χ1) is 8.25. The van der Waals surface area contributed by atoms with E-state index in [9.17, 15) is 0 Å². The number of hydrogen-bond acceptors (Lipinski definition) is 2. The van der Waals surface area contributed by atoms with E-state index in [0.29, 0.717) is 5.92 Å². The molecule has 0 bridgehead atoms. The Labute approximate surface area is 105 Å². The Morgan fingerprint density at radius 3 is 2.88 bits per heavy atom. The molecule has 1 heterocycles. The minimum absolute atomic E-state index is 0.709. The van der Waals surface area contributed by atoms with Crippen LogP contribution in [0.2, 0.25) is 0 Å². The van der Waals surface area contributed by atoms with E-state index >= 15 is 0 Å². The van der Waals surface area contributed by atoms with Crippen molar-refractivity contribution in [2.75, 3.05) is 6.54 Å². The smallest absolute Gasteiger partial charge is 0.0948 e. The van der Waals surface area contributed by atoms with Crippen molar-refractivity contribution in [2.45, 2.75) is 52.6 Å². The van der Waals surface area contributed by atoms with Gasteiger partial charge in [0.1, 0.15) is 0 Å². The molecule has 3 nitrogen and oxygen atoms in total. The molecule has 0 aromatic carbocycles. The van der Waals surface area contributed by atoms with Gasteiger partial charge in [-0.2, -0.15) is 0 Å². The molecule has 0 radical (unpaired) electrons. The van der Waals surface area contributed by atoms with Crippen molar-refractivity contribution in [1.29, 1.82) is 0 Å². The topological polar surface area (TPSA) is 29.9 Å². The minimum Gasteiger partial charge on any atom is -0.333 e. The maximum atomic E-state index is 4.28. The van der Waals surface area contributed by atoms with Gasteiger partial charge in [0.2, 0.25) is 0 Å². The molecule has 0 spiro atoms. The van der Waals surface area contributed by atoms with Crippen molar-refractivity contribution in [3.63, 3.8) is 0 Å². The predicted octanol–water partition coefficient (Wildman–Crippen LogP) is 2.82. The molecule has 1 saturated carbocycles. The highest BCUT2D eigenvalue weighted by Crippen LogP contribution is 2.26. The van der Waals surface area contributed by atoms with Crippen LogP contribution in [0.25, 0.3) is 0 Å². The molecule has 1 fully saturated rings. The summed E-state index contributed by atoms with van der Waals surface area (Å²) in [4.78, 5) is 4.28. The molecule has 0 atom stereocenters. The first-order valence-electron chi connectivity index (χ1n) is 6.95. The third-order valence-electron chi connectivity index (χ3n) is 3.59. The Kier molecular flexibility index (Phi) is 4.60. The fourth-order valence-corrected chi connectivity index (χ4v) is 2.62. The molecule has 1 aromatic heterocycles. The highest BCUT2D eigenvalue weighted by Gasteiger charge is 2.16. The number of aromatic nitrogens is 2. The molecule has 2 rings (SSSR count). The standard InChI is InChI=1S/C14H25N3/c1-12(2)7-15-8-14-9-16-11-17(14)10-13-5-3-4-6-13/h9,11-13,15H,3-8,10H2,1-2H3. The molecule has 17 heavy (non-hydrogen) atoms. The summed E-state index contributed by atoms with van der Waals surface area (Å²) in [6.07, 6.45) is 9.63. The van der Waals surface area contributed by atoms with Gasteiger partial charge in [-0.3, -0.25) is 0 Å². The van der Waals surface area contributed by atoms with E-state index < -0.39 is 0 Å². The second-order valence-electron chi connectivity index (χ2n) is 5.71. The second kappa shape index (κ2) is 6.20. The van der Waals surface area contributed by atoms with Gasteiger partial charge in [-0.1, -0.05) is 26.7 Å². The van der Waals surface area contributed by atoms with E-state index in [2.05, 4.69) is 28.7 Å². The molecule has 0 saturated heterocycles. The zero-order valence-corrected chi connectivity index (χ0v) is 11.2. The van der Waals surface area contributed by atoms with Crippen LogP contribution in [-0.2, 0) is 13.1 Å². The molecule has 1 N–H and O–H groups in total. The summed E-state index contributed by atoms with van der Waals surface area (Å²) in [5.41, 5.74) is 1.33. The Hall–Kier alpha value is -0.830. The minimum atomic E-state index is 0.709. The van der Waals surface area contributed by atoms with Crippen molar-refractivity contribution in [1.82, 2.24) is 14.9 Å². The van der Waals surface area contributed by atoms with Gasteiger partial charge < -0.3 is 9.88 Å². The van der Waals surface area contributed by atoms with Gasteiger partial charge in [-0.25, -0.2) is 4.98 Å². The van der Waals surface area contributed by atoms with Crippen LogP contribution in [0.1, 0.15) is 45.2 Å². The summed E-state index contributed by atoms with van der Waals surface area (Å²) < 4.78 is 2.34. The van der Waals surface area contributed by atoms with E-state index in [1.165, 1.54) is 37.9 Å². The lowest BCUT2D eigenvalue weighted by atomic mass is 10.1. The van der Waals surface area contributed by atoms with Crippen molar-refractivity contribution in [2.24, 2.45) is 11.8 Å². The van der Waals surface area contributed by atoms with Gasteiger partial charge in [0, 0.05) is 19.3 Å². The van der Waals surface area contributed by atoms with Gasteiger partial charge in [-0.05, 0) is 31.2 Å². The molecule has 0 amide bonds. The zero-order valence-electron chi connectivity index (χ0n) is 11.2. The Balaban J connectivity index is 1.83. The van der Waals surface area contributed by atoms with E-state index in [-0.39, 0.29) is 0 Å². The fraction of sp³-hybridized carbons (Fsp3) is 0.786. The van der Waals surface area contributed by atoms with Crippen molar-refractivity contribution < 1.29 is 0 Å².